The molecule has 1 aliphatic rings. The van der Waals surface area contributed by atoms with Crippen molar-refractivity contribution >= 4 is 46.7 Å². The number of halogens is 2. The minimum absolute atomic E-state index is 0.190. The molecule has 1 fully saturated rings. The smallest absolute Gasteiger partial charge is 0.319 e. The summed E-state index contributed by atoms with van der Waals surface area (Å²) in [5.41, 5.74) is 0.194. The van der Waals surface area contributed by atoms with Crippen LogP contribution in [-0.4, -0.2) is 42.0 Å². The van der Waals surface area contributed by atoms with Crippen molar-refractivity contribution in [3.63, 3.8) is 0 Å². The van der Waals surface area contributed by atoms with E-state index < -0.39 is 35.6 Å². The van der Waals surface area contributed by atoms with Crippen LogP contribution in [0.15, 0.2) is 48.5 Å². The number of ether oxygens (including phenoxy) is 1. The first-order chi connectivity index (χ1) is 15.0. The van der Waals surface area contributed by atoms with Gasteiger partial charge in [-0.3, -0.25) is 9.59 Å². The van der Waals surface area contributed by atoms with Gasteiger partial charge in [-0.05, 0) is 39.0 Å². The van der Waals surface area contributed by atoms with Crippen LogP contribution in [0.1, 0.15) is 31.1 Å². The Bertz CT molecular complexity index is 1010. The van der Waals surface area contributed by atoms with Crippen molar-refractivity contribution in [2.75, 3.05) is 11.9 Å². The Balaban J connectivity index is 1.81. The second kappa shape index (κ2) is 9.90. The van der Waals surface area contributed by atoms with E-state index in [1.807, 2.05) is 6.07 Å². The van der Waals surface area contributed by atoms with Gasteiger partial charge in [-0.15, -0.1) is 0 Å². The van der Waals surface area contributed by atoms with Crippen LogP contribution < -0.4 is 16.0 Å². The molecule has 170 valence electrons. The minimum Gasteiger partial charge on any atom is -0.460 e. The van der Waals surface area contributed by atoms with Crippen molar-refractivity contribution in [2.45, 2.75) is 38.5 Å². The number of anilines is 1. The third kappa shape index (κ3) is 6.00. The third-order valence-corrected chi connectivity index (χ3v) is 5.61. The van der Waals surface area contributed by atoms with Crippen LogP contribution in [-0.2, 0) is 9.53 Å². The maximum absolute atomic E-state index is 13.1. The molecule has 3 rings (SSSR count). The number of amides is 2. The summed E-state index contributed by atoms with van der Waals surface area (Å²) >= 11 is 11.9. The fourth-order valence-electron chi connectivity index (χ4n) is 3.46. The average Bonchev–Trinajstić information content (AvgIpc) is 3.13. The molecule has 3 atom stereocenters. The standard InChI is InChI=1S/C23H25Cl2N3O4/c1-23(2,3)32-21(30)15-12-26-19(20(29)13-7-5-4-6-8-13)18(15)28-22(31)27-14-9-10-16(24)17(25)11-14/h4-11,15,18-19,26H,12H2,1-3H3,(H2,27,28,31). The Kier molecular flexibility index (Phi) is 7.44. The average molecular weight is 478 g/mol. The summed E-state index contributed by atoms with van der Waals surface area (Å²) in [5.74, 6) is -1.46. The summed E-state index contributed by atoms with van der Waals surface area (Å²) < 4.78 is 5.52. The molecular formula is C23H25Cl2N3O4. The lowest BCUT2D eigenvalue weighted by molar-refractivity contribution is -0.159. The van der Waals surface area contributed by atoms with Crippen molar-refractivity contribution in [1.82, 2.24) is 10.6 Å². The monoisotopic (exact) mass is 477 g/mol. The molecule has 0 radical (unpaired) electrons. The highest BCUT2D eigenvalue weighted by Gasteiger charge is 2.46. The Morgan fingerprint density at radius 1 is 1.03 bits per heavy atom. The van der Waals surface area contributed by atoms with E-state index in [1.54, 1.807) is 57.2 Å². The summed E-state index contributed by atoms with van der Waals surface area (Å²) in [5, 5.41) is 9.15. The quantitative estimate of drug-likeness (QED) is 0.440. The molecule has 0 aliphatic carbocycles. The molecule has 9 heteroatoms. The predicted octanol–water partition coefficient (Wildman–Crippen LogP) is 4.30. The van der Waals surface area contributed by atoms with Gasteiger partial charge in [0.15, 0.2) is 5.78 Å². The predicted molar refractivity (Wildman–Crippen MR) is 124 cm³/mol. The summed E-state index contributed by atoms with van der Waals surface area (Å²) in [6, 6.07) is 11.2. The topological polar surface area (TPSA) is 96.5 Å². The van der Waals surface area contributed by atoms with E-state index in [4.69, 9.17) is 27.9 Å². The fourth-order valence-corrected chi connectivity index (χ4v) is 3.76. The summed E-state index contributed by atoms with van der Waals surface area (Å²) in [6.45, 7) is 5.48. The van der Waals surface area contributed by atoms with E-state index in [0.29, 0.717) is 16.3 Å². The number of hydrogen-bond donors (Lipinski definition) is 3. The SMILES string of the molecule is CC(C)(C)OC(=O)C1CNC(C(=O)c2ccccc2)C1NC(=O)Nc1ccc(Cl)c(Cl)c1. The molecule has 0 saturated carbocycles. The number of urea groups is 1. The molecule has 2 aromatic carbocycles. The molecule has 1 heterocycles. The maximum atomic E-state index is 13.1. The minimum atomic E-state index is -0.819. The highest BCUT2D eigenvalue weighted by molar-refractivity contribution is 6.42. The summed E-state index contributed by atoms with van der Waals surface area (Å²) in [6.07, 6.45) is 0. The fraction of sp³-hybridized carbons (Fsp3) is 0.348. The van der Waals surface area contributed by atoms with Crippen molar-refractivity contribution in [1.29, 1.82) is 0 Å². The van der Waals surface area contributed by atoms with Gasteiger partial charge < -0.3 is 20.7 Å². The Morgan fingerprint density at radius 3 is 2.34 bits per heavy atom. The number of carbonyl (C=O) groups excluding carboxylic acids is 3. The lowest BCUT2D eigenvalue weighted by atomic mass is 9.93. The van der Waals surface area contributed by atoms with E-state index in [9.17, 15) is 14.4 Å². The molecule has 2 amide bonds. The number of Topliss-reactive ketones (excluding diaryl/α,β-unsaturated/α-hetero) is 1. The maximum Gasteiger partial charge on any atom is 0.319 e. The van der Waals surface area contributed by atoms with Gasteiger partial charge in [0.2, 0.25) is 0 Å². The van der Waals surface area contributed by atoms with Gasteiger partial charge >= 0.3 is 12.0 Å². The normalized spacial score (nSPS) is 20.5. The Hall–Kier alpha value is -2.61. The molecule has 1 saturated heterocycles. The molecule has 1 aliphatic heterocycles. The van der Waals surface area contributed by atoms with Gasteiger partial charge in [-0.2, -0.15) is 0 Å². The van der Waals surface area contributed by atoms with E-state index in [0.717, 1.165) is 0 Å². The number of ketones is 1. The van der Waals surface area contributed by atoms with Crippen LogP contribution in [0, 0.1) is 5.92 Å². The van der Waals surface area contributed by atoms with Crippen LogP contribution in [0.4, 0.5) is 10.5 Å². The van der Waals surface area contributed by atoms with Crippen molar-refractivity contribution in [3.8, 4) is 0 Å². The second-order valence-electron chi connectivity index (χ2n) is 8.51. The molecule has 3 unspecified atom stereocenters. The highest BCUT2D eigenvalue weighted by atomic mass is 35.5. The van der Waals surface area contributed by atoms with Crippen LogP contribution in [0.5, 0.6) is 0 Å². The lowest BCUT2D eigenvalue weighted by Crippen LogP contribution is -2.52. The van der Waals surface area contributed by atoms with Gasteiger partial charge in [-0.1, -0.05) is 53.5 Å². The molecular weight excluding hydrogens is 453 g/mol. The van der Waals surface area contributed by atoms with Crippen LogP contribution in [0.2, 0.25) is 10.0 Å². The molecule has 7 nitrogen and oxygen atoms in total. The number of rotatable bonds is 5. The number of hydrogen-bond acceptors (Lipinski definition) is 5. The first kappa shape index (κ1) is 24.0. The second-order valence-corrected chi connectivity index (χ2v) is 9.32. The summed E-state index contributed by atoms with van der Waals surface area (Å²) in [4.78, 5) is 38.7. The molecule has 32 heavy (non-hydrogen) atoms. The summed E-state index contributed by atoms with van der Waals surface area (Å²) in [7, 11) is 0. The molecule has 0 bridgehead atoms. The molecule has 0 spiro atoms. The van der Waals surface area contributed by atoms with Gasteiger partial charge in [0.05, 0.1) is 28.0 Å². The third-order valence-electron chi connectivity index (χ3n) is 4.88. The van der Waals surface area contributed by atoms with Gasteiger partial charge in [0.1, 0.15) is 5.60 Å². The zero-order valence-electron chi connectivity index (χ0n) is 17.9. The first-order valence-corrected chi connectivity index (χ1v) is 10.9. The number of benzene rings is 2. The zero-order valence-corrected chi connectivity index (χ0v) is 19.5. The van der Waals surface area contributed by atoms with Crippen molar-refractivity contribution in [2.24, 2.45) is 5.92 Å². The van der Waals surface area contributed by atoms with E-state index in [-0.39, 0.29) is 17.4 Å². The molecule has 0 aromatic heterocycles. The van der Waals surface area contributed by atoms with Crippen LogP contribution >= 0.6 is 23.2 Å². The first-order valence-electron chi connectivity index (χ1n) is 10.1. The van der Waals surface area contributed by atoms with Crippen molar-refractivity contribution in [3.05, 3.63) is 64.1 Å². The number of esters is 1. The van der Waals surface area contributed by atoms with E-state index in [2.05, 4.69) is 16.0 Å². The van der Waals surface area contributed by atoms with Gasteiger partial charge in [0.25, 0.3) is 0 Å². The lowest BCUT2D eigenvalue weighted by Gasteiger charge is -2.27. The molecule has 3 N–H and O–H groups in total. The number of carbonyl (C=O) groups is 3. The van der Waals surface area contributed by atoms with Crippen LogP contribution in [0.3, 0.4) is 0 Å². The van der Waals surface area contributed by atoms with Crippen LogP contribution in [0.25, 0.3) is 0 Å². The largest absolute Gasteiger partial charge is 0.460 e. The van der Waals surface area contributed by atoms with Crippen molar-refractivity contribution < 1.29 is 19.1 Å². The highest BCUT2D eigenvalue weighted by Crippen LogP contribution is 2.26. The Labute approximate surface area is 196 Å². The Morgan fingerprint density at radius 2 is 1.72 bits per heavy atom. The van der Waals surface area contributed by atoms with E-state index >= 15 is 0 Å². The zero-order chi connectivity index (χ0) is 23.5. The molecule has 2 aromatic rings. The number of nitrogens with one attached hydrogen (secondary N) is 3. The van der Waals surface area contributed by atoms with Gasteiger partial charge in [0, 0.05) is 17.8 Å². The van der Waals surface area contributed by atoms with Gasteiger partial charge in [-0.25, -0.2) is 4.79 Å². The van der Waals surface area contributed by atoms with E-state index in [1.165, 1.54) is 6.07 Å².